The molecule has 1 aliphatic rings. The maximum absolute atomic E-state index is 12.0. The zero-order valence-electron chi connectivity index (χ0n) is 13.7. The number of benzene rings is 1. The lowest BCUT2D eigenvalue weighted by Crippen LogP contribution is -2.37. The Morgan fingerprint density at radius 3 is 2.77 bits per heavy atom. The van der Waals surface area contributed by atoms with Crippen LogP contribution in [0.2, 0.25) is 5.15 Å². The van der Waals surface area contributed by atoms with Crippen LogP contribution in [0.1, 0.15) is 22.5 Å². The number of aromatic nitrogens is 2. The molecule has 2 aromatic rings. The highest BCUT2D eigenvalue weighted by atomic mass is 35.5. The van der Waals surface area contributed by atoms with Gasteiger partial charge in [-0.1, -0.05) is 35.6 Å². The number of rotatable bonds is 2. The standard InChI is InChI=1S/C18H14ClN3O4/c1-22-8-7-18(26,17(22)25)6-5-11-3-2-4-12(9-11)15-20-13(16(23)24)10-14(19)21-15/h2-4,9-10,26H,7-8H2,1H3,(H,23,24). The first-order valence-electron chi connectivity index (χ1n) is 7.68. The van der Waals surface area contributed by atoms with Crippen molar-refractivity contribution in [2.45, 2.75) is 12.0 Å². The van der Waals surface area contributed by atoms with Crippen LogP contribution in [0.3, 0.4) is 0 Å². The molecule has 0 bridgehead atoms. The van der Waals surface area contributed by atoms with Gasteiger partial charge in [0.05, 0.1) is 0 Å². The fraction of sp³-hybridized carbons (Fsp3) is 0.222. The van der Waals surface area contributed by atoms with E-state index in [1.807, 2.05) is 0 Å². The van der Waals surface area contributed by atoms with E-state index in [-0.39, 0.29) is 23.1 Å². The molecule has 0 aliphatic carbocycles. The van der Waals surface area contributed by atoms with Crippen molar-refractivity contribution in [2.75, 3.05) is 13.6 Å². The average molecular weight is 372 g/mol. The second kappa shape index (κ2) is 6.75. The summed E-state index contributed by atoms with van der Waals surface area (Å²) in [5.74, 6) is 3.93. The topological polar surface area (TPSA) is 104 Å². The van der Waals surface area contributed by atoms with Crippen molar-refractivity contribution in [3.8, 4) is 23.2 Å². The largest absolute Gasteiger partial charge is 0.477 e. The van der Waals surface area contributed by atoms with Crippen molar-refractivity contribution < 1.29 is 19.8 Å². The fourth-order valence-corrected chi connectivity index (χ4v) is 2.72. The van der Waals surface area contributed by atoms with Crippen LogP contribution in [0.4, 0.5) is 0 Å². The third kappa shape index (κ3) is 3.52. The summed E-state index contributed by atoms with van der Waals surface area (Å²) in [6.45, 7) is 0.443. The van der Waals surface area contributed by atoms with Gasteiger partial charge in [0, 0.05) is 37.2 Å². The molecule has 1 saturated heterocycles. The molecule has 1 fully saturated rings. The predicted molar refractivity (Wildman–Crippen MR) is 93.5 cm³/mol. The number of carbonyl (C=O) groups is 2. The molecule has 3 rings (SSSR count). The lowest BCUT2D eigenvalue weighted by molar-refractivity contribution is -0.137. The molecule has 1 aliphatic heterocycles. The Bertz CT molecular complexity index is 966. The predicted octanol–water partition coefficient (Wildman–Crippen LogP) is 1.44. The van der Waals surface area contributed by atoms with Crippen molar-refractivity contribution in [1.82, 2.24) is 14.9 Å². The van der Waals surface area contributed by atoms with Gasteiger partial charge < -0.3 is 15.1 Å². The van der Waals surface area contributed by atoms with E-state index in [0.717, 1.165) is 6.07 Å². The Balaban J connectivity index is 1.95. The quantitative estimate of drug-likeness (QED) is 0.611. The molecule has 0 spiro atoms. The molecular weight excluding hydrogens is 358 g/mol. The van der Waals surface area contributed by atoms with Crippen molar-refractivity contribution in [3.63, 3.8) is 0 Å². The summed E-state index contributed by atoms with van der Waals surface area (Å²) in [4.78, 5) is 32.5. The Labute approximate surface area is 154 Å². The summed E-state index contributed by atoms with van der Waals surface area (Å²) in [7, 11) is 1.61. The van der Waals surface area contributed by atoms with Crippen molar-refractivity contribution >= 4 is 23.5 Å². The van der Waals surface area contributed by atoms with E-state index >= 15 is 0 Å². The maximum Gasteiger partial charge on any atom is 0.354 e. The normalized spacial score (nSPS) is 19.2. The number of likely N-dealkylation sites (N-methyl/N-ethyl adjacent to an activating group) is 1. The Morgan fingerprint density at radius 2 is 2.12 bits per heavy atom. The summed E-state index contributed by atoms with van der Waals surface area (Å²) in [5.41, 5.74) is -0.860. The van der Waals surface area contributed by atoms with Crippen LogP contribution < -0.4 is 0 Å². The Morgan fingerprint density at radius 1 is 1.35 bits per heavy atom. The summed E-state index contributed by atoms with van der Waals surface area (Å²) in [6, 6.07) is 7.87. The van der Waals surface area contributed by atoms with E-state index in [4.69, 9.17) is 16.7 Å². The molecule has 1 amide bonds. The smallest absolute Gasteiger partial charge is 0.354 e. The summed E-state index contributed by atoms with van der Waals surface area (Å²) >= 11 is 5.86. The van der Waals surface area contributed by atoms with Gasteiger partial charge >= 0.3 is 5.97 Å². The molecule has 1 aromatic carbocycles. The number of carboxylic acids is 1. The van der Waals surface area contributed by atoms with Gasteiger partial charge in [-0.3, -0.25) is 4.79 Å². The summed E-state index contributed by atoms with van der Waals surface area (Å²) < 4.78 is 0. The summed E-state index contributed by atoms with van der Waals surface area (Å²) in [6.07, 6.45) is 0.244. The number of hydrogen-bond donors (Lipinski definition) is 2. The van der Waals surface area contributed by atoms with E-state index in [2.05, 4.69) is 21.8 Å². The highest BCUT2D eigenvalue weighted by molar-refractivity contribution is 6.29. The van der Waals surface area contributed by atoms with Crippen LogP contribution in [0.25, 0.3) is 11.4 Å². The van der Waals surface area contributed by atoms with Gasteiger partial charge in [0.15, 0.2) is 11.5 Å². The molecule has 1 atom stereocenters. The monoisotopic (exact) mass is 371 g/mol. The molecule has 1 unspecified atom stereocenters. The number of hydrogen-bond acceptors (Lipinski definition) is 5. The zero-order chi connectivity index (χ0) is 18.9. The lowest BCUT2D eigenvalue weighted by Gasteiger charge is -2.13. The fourth-order valence-electron chi connectivity index (χ4n) is 2.54. The van der Waals surface area contributed by atoms with Crippen LogP contribution in [-0.4, -0.2) is 56.2 Å². The second-order valence-electron chi connectivity index (χ2n) is 5.87. The molecule has 7 nitrogen and oxygen atoms in total. The molecule has 1 aromatic heterocycles. The third-order valence-corrected chi connectivity index (χ3v) is 4.15. The molecule has 2 heterocycles. The Hall–Kier alpha value is -2.95. The van der Waals surface area contributed by atoms with E-state index in [1.165, 1.54) is 4.90 Å². The number of amides is 1. The summed E-state index contributed by atoms with van der Waals surface area (Å²) in [5, 5.41) is 19.4. The van der Waals surface area contributed by atoms with Gasteiger partial charge in [-0.05, 0) is 12.1 Å². The van der Waals surface area contributed by atoms with Gasteiger partial charge in [0.1, 0.15) is 5.15 Å². The molecule has 8 heteroatoms. The lowest BCUT2D eigenvalue weighted by atomic mass is 10.0. The van der Waals surface area contributed by atoms with Crippen LogP contribution in [0.5, 0.6) is 0 Å². The minimum atomic E-state index is -1.69. The first-order chi connectivity index (χ1) is 12.3. The first kappa shape index (κ1) is 17.9. The number of likely N-dealkylation sites (tertiary alicyclic amines) is 1. The van der Waals surface area contributed by atoms with Gasteiger partial charge in [0.25, 0.3) is 5.91 Å². The Kier molecular flexibility index (Phi) is 4.64. The zero-order valence-corrected chi connectivity index (χ0v) is 14.5. The molecule has 0 radical (unpaired) electrons. The van der Waals surface area contributed by atoms with E-state index in [9.17, 15) is 14.7 Å². The SMILES string of the molecule is CN1CCC(O)(C#Cc2cccc(-c3nc(Cl)cc(C(=O)O)n3)c2)C1=O. The van der Waals surface area contributed by atoms with Crippen molar-refractivity contribution in [1.29, 1.82) is 0 Å². The second-order valence-corrected chi connectivity index (χ2v) is 6.26. The van der Waals surface area contributed by atoms with Gasteiger partial charge in [-0.15, -0.1) is 0 Å². The minimum Gasteiger partial charge on any atom is -0.477 e. The van der Waals surface area contributed by atoms with Crippen LogP contribution in [0, 0.1) is 11.8 Å². The highest BCUT2D eigenvalue weighted by Gasteiger charge is 2.42. The van der Waals surface area contributed by atoms with Crippen LogP contribution >= 0.6 is 11.6 Å². The molecule has 132 valence electrons. The van der Waals surface area contributed by atoms with Crippen LogP contribution in [0.15, 0.2) is 30.3 Å². The van der Waals surface area contributed by atoms with Gasteiger partial charge in [-0.2, -0.15) is 0 Å². The molecule has 2 N–H and O–H groups in total. The minimum absolute atomic E-state index is 0.0118. The molecular formula is C18H14ClN3O4. The first-order valence-corrected chi connectivity index (χ1v) is 8.06. The van der Waals surface area contributed by atoms with Crippen molar-refractivity contribution in [2.24, 2.45) is 0 Å². The maximum atomic E-state index is 12.0. The molecule has 0 saturated carbocycles. The van der Waals surface area contributed by atoms with E-state index < -0.39 is 17.5 Å². The highest BCUT2D eigenvalue weighted by Crippen LogP contribution is 2.22. The molecule has 26 heavy (non-hydrogen) atoms. The van der Waals surface area contributed by atoms with Gasteiger partial charge in [0.2, 0.25) is 5.60 Å². The number of aromatic carboxylic acids is 1. The number of nitrogens with zero attached hydrogens (tertiary/aromatic N) is 3. The third-order valence-electron chi connectivity index (χ3n) is 3.96. The number of halogens is 1. The van der Waals surface area contributed by atoms with Crippen LogP contribution in [-0.2, 0) is 4.79 Å². The number of carbonyl (C=O) groups excluding carboxylic acids is 1. The average Bonchev–Trinajstić information content (AvgIpc) is 2.88. The van der Waals surface area contributed by atoms with Gasteiger partial charge in [-0.25, -0.2) is 14.8 Å². The van der Waals surface area contributed by atoms with Crippen molar-refractivity contribution in [3.05, 3.63) is 46.7 Å². The van der Waals surface area contributed by atoms with E-state index in [0.29, 0.717) is 17.7 Å². The number of carboxylic acid groups (broad SMARTS) is 1. The van der Waals surface area contributed by atoms with E-state index in [1.54, 1.807) is 31.3 Å². The number of aliphatic hydroxyl groups is 1.